The van der Waals surface area contributed by atoms with Crippen molar-refractivity contribution in [3.63, 3.8) is 0 Å². The molecule has 0 aliphatic carbocycles. The molecule has 1 aromatic heterocycles. The van der Waals surface area contributed by atoms with Gasteiger partial charge in [0.1, 0.15) is 0 Å². The molecule has 0 bridgehead atoms. The van der Waals surface area contributed by atoms with Crippen LogP contribution in [0.15, 0.2) is 40.9 Å². The van der Waals surface area contributed by atoms with Crippen molar-refractivity contribution >= 4 is 11.5 Å². The van der Waals surface area contributed by atoms with Gasteiger partial charge in [0.05, 0.1) is 12.8 Å². The van der Waals surface area contributed by atoms with E-state index in [0.717, 1.165) is 22.4 Å². The molecule has 0 unspecified atom stereocenters. The first-order chi connectivity index (χ1) is 10.3. The highest BCUT2D eigenvalue weighted by Gasteiger charge is 2.27. The predicted octanol–water partition coefficient (Wildman–Crippen LogP) is 4.22. The summed E-state index contributed by atoms with van der Waals surface area (Å²) in [7, 11) is 1.36. The van der Waals surface area contributed by atoms with E-state index in [1.165, 1.54) is 13.2 Å². The number of esters is 1. The van der Waals surface area contributed by atoms with Gasteiger partial charge in [-0.3, -0.25) is 0 Å². The fourth-order valence-electron chi connectivity index (χ4n) is 2.26. The van der Waals surface area contributed by atoms with Crippen LogP contribution in [0.4, 0.5) is 0 Å². The molecule has 0 atom stereocenters. The lowest BCUT2D eigenvalue weighted by molar-refractivity contribution is -0.134. The fraction of sp³-hybridized carbons (Fsp3) is 0.333. The highest BCUT2D eigenvalue weighted by Crippen LogP contribution is 2.37. The number of carbonyl (C=O) groups excluding carboxylic acids is 1. The van der Waals surface area contributed by atoms with E-state index in [9.17, 15) is 4.79 Å². The van der Waals surface area contributed by atoms with Crippen LogP contribution >= 0.6 is 0 Å². The molecule has 1 heterocycles. The normalized spacial score (nSPS) is 12.3. The lowest BCUT2D eigenvalue weighted by atomic mass is 9.85. The van der Waals surface area contributed by atoms with Crippen molar-refractivity contribution in [2.45, 2.75) is 33.1 Å². The van der Waals surface area contributed by atoms with Gasteiger partial charge in [-0.25, -0.2) is 4.79 Å². The summed E-state index contributed by atoms with van der Waals surface area (Å²) in [4.78, 5) is 11.6. The monoisotopic (exact) mass is 299 g/mol. The summed E-state index contributed by atoms with van der Waals surface area (Å²) in [5.74, 6) is 0.278. The number of aromatic nitrogens is 1. The summed E-state index contributed by atoms with van der Waals surface area (Å²) in [6.45, 7) is 8.06. The maximum absolute atomic E-state index is 11.6. The Kier molecular flexibility index (Phi) is 4.50. The van der Waals surface area contributed by atoms with Crippen LogP contribution in [0.25, 0.3) is 16.9 Å². The van der Waals surface area contributed by atoms with Crippen molar-refractivity contribution in [3.05, 3.63) is 47.7 Å². The lowest BCUT2D eigenvalue weighted by Gasteiger charge is -2.17. The Bertz CT molecular complexity index is 691. The van der Waals surface area contributed by atoms with Gasteiger partial charge in [-0.1, -0.05) is 56.3 Å². The fourth-order valence-corrected chi connectivity index (χ4v) is 2.26. The second-order valence-electron chi connectivity index (χ2n) is 6.20. The second kappa shape index (κ2) is 6.18. The molecule has 0 saturated heterocycles. The zero-order chi connectivity index (χ0) is 16.3. The summed E-state index contributed by atoms with van der Waals surface area (Å²) in [6.07, 6.45) is 1.47. The van der Waals surface area contributed by atoms with E-state index >= 15 is 0 Å². The molecule has 0 aliphatic heterocycles. The maximum atomic E-state index is 11.6. The molecule has 0 spiro atoms. The van der Waals surface area contributed by atoms with Crippen molar-refractivity contribution in [3.8, 4) is 11.3 Å². The van der Waals surface area contributed by atoms with Gasteiger partial charge in [-0.2, -0.15) is 0 Å². The van der Waals surface area contributed by atoms with Crippen LogP contribution in [-0.2, 0) is 14.9 Å². The molecule has 4 heteroatoms. The summed E-state index contributed by atoms with van der Waals surface area (Å²) in [6, 6.07) is 9.75. The number of rotatable bonds is 3. The van der Waals surface area contributed by atoms with Gasteiger partial charge >= 0.3 is 5.97 Å². The van der Waals surface area contributed by atoms with E-state index in [-0.39, 0.29) is 5.41 Å². The van der Waals surface area contributed by atoms with Gasteiger partial charge in [-0.05, 0) is 12.5 Å². The first kappa shape index (κ1) is 16.0. The number of allylic oxidation sites excluding steroid dienone is 1. The molecule has 0 radical (unpaired) electrons. The molecule has 4 nitrogen and oxygen atoms in total. The Labute approximate surface area is 130 Å². The summed E-state index contributed by atoms with van der Waals surface area (Å²) in [5.41, 5.74) is 3.18. The Hall–Kier alpha value is -2.36. The number of hydrogen-bond acceptors (Lipinski definition) is 4. The predicted molar refractivity (Wildman–Crippen MR) is 86.3 cm³/mol. The van der Waals surface area contributed by atoms with Gasteiger partial charge in [-0.15, -0.1) is 0 Å². The van der Waals surface area contributed by atoms with Crippen LogP contribution in [0.2, 0.25) is 0 Å². The van der Waals surface area contributed by atoms with Gasteiger partial charge in [0, 0.05) is 22.6 Å². The first-order valence-electron chi connectivity index (χ1n) is 7.16. The van der Waals surface area contributed by atoms with Crippen LogP contribution in [0.5, 0.6) is 0 Å². The minimum Gasteiger partial charge on any atom is -0.466 e. The van der Waals surface area contributed by atoms with Gasteiger partial charge in [0.15, 0.2) is 5.76 Å². The molecule has 0 saturated carbocycles. The molecule has 0 fully saturated rings. The third kappa shape index (κ3) is 3.27. The zero-order valence-corrected chi connectivity index (χ0v) is 13.6. The molecule has 0 amide bonds. The van der Waals surface area contributed by atoms with Crippen molar-refractivity contribution < 1.29 is 14.1 Å². The van der Waals surface area contributed by atoms with Crippen molar-refractivity contribution in [1.29, 1.82) is 0 Å². The molecule has 2 rings (SSSR count). The summed E-state index contributed by atoms with van der Waals surface area (Å²) in [5, 5.41) is 4.25. The smallest absolute Gasteiger partial charge is 0.330 e. The van der Waals surface area contributed by atoms with Crippen LogP contribution in [-0.4, -0.2) is 18.2 Å². The van der Waals surface area contributed by atoms with Gasteiger partial charge in [0.2, 0.25) is 0 Å². The summed E-state index contributed by atoms with van der Waals surface area (Å²) < 4.78 is 10.3. The number of hydrogen-bond donors (Lipinski definition) is 0. The van der Waals surface area contributed by atoms with E-state index in [0.29, 0.717) is 5.76 Å². The molecule has 2 aromatic rings. The minimum absolute atomic E-state index is 0.197. The quantitative estimate of drug-likeness (QED) is 0.629. The molecular formula is C18H21NO3. The van der Waals surface area contributed by atoms with Crippen LogP contribution in [0.1, 0.15) is 39.0 Å². The molecular weight excluding hydrogens is 278 g/mol. The lowest BCUT2D eigenvalue weighted by Crippen LogP contribution is -2.14. The maximum Gasteiger partial charge on any atom is 0.330 e. The average Bonchev–Trinajstić information content (AvgIpc) is 2.93. The molecule has 0 aliphatic rings. The van der Waals surface area contributed by atoms with Crippen molar-refractivity contribution in [2.75, 3.05) is 7.11 Å². The molecule has 1 aromatic carbocycles. The second-order valence-corrected chi connectivity index (χ2v) is 6.20. The largest absolute Gasteiger partial charge is 0.466 e. The van der Waals surface area contributed by atoms with Crippen molar-refractivity contribution in [2.24, 2.45) is 0 Å². The Balaban J connectivity index is 2.65. The molecule has 116 valence electrons. The van der Waals surface area contributed by atoms with Crippen LogP contribution < -0.4 is 0 Å². The minimum atomic E-state index is -0.391. The van der Waals surface area contributed by atoms with Crippen LogP contribution in [0, 0.1) is 0 Å². The van der Waals surface area contributed by atoms with Gasteiger partial charge < -0.3 is 9.26 Å². The SMILES string of the molecule is COC(=O)/C=C(\C)c1c(C(C)(C)C)noc1-c1ccccc1. The standard InChI is InChI=1S/C18H21NO3/c1-12(11-14(20)21-5)15-16(13-9-7-6-8-10-13)22-19-17(15)18(2,3)4/h6-11H,1-5H3/b12-11+. The highest BCUT2D eigenvalue weighted by molar-refractivity contribution is 5.93. The number of benzene rings is 1. The highest BCUT2D eigenvalue weighted by atomic mass is 16.5. The third-order valence-corrected chi connectivity index (χ3v) is 3.37. The Morgan fingerprint density at radius 3 is 2.41 bits per heavy atom. The summed E-state index contributed by atoms with van der Waals surface area (Å²) >= 11 is 0. The zero-order valence-electron chi connectivity index (χ0n) is 13.6. The van der Waals surface area contributed by atoms with E-state index in [1.54, 1.807) is 0 Å². The van der Waals surface area contributed by atoms with Crippen LogP contribution in [0.3, 0.4) is 0 Å². The first-order valence-corrected chi connectivity index (χ1v) is 7.16. The van der Waals surface area contributed by atoms with E-state index in [1.807, 2.05) is 37.3 Å². The molecule has 22 heavy (non-hydrogen) atoms. The third-order valence-electron chi connectivity index (χ3n) is 3.37. The Morgan fingerprint density at radius 1 is 1.23 bits per heavy atom. The number of carbonyl (C=O) groups is 1. The average molecular weight is 299 g/mol. The van der Waals surface area contributed by atoms with E-state index in [4.69, 9.17) is 9.26 Å². The Morgan fingerprint density at radius 2 is 1.86 bits per heavy atom. The number of methoxy groups -OCH3 is 1. The topological polar surface area (TPSA) is 52.3 Å². The van der Waals surface area contributed by atoms with Crippen molar-refractivity contribution in [1.82, 2.24) is 5.16 Å². The van der Waals surface area contributed by atoms with E-state index in [2.05, 4.69) is 25.9 Å². The number of ether oxygens (including phenoxy) is 1. The number of nitrogens with zero attached hydrogens (tertiary/aromatic N) is 1. The van der Waals surface area contributed by atoms with E-state index < -0.39 is 5.97 Å². The molecule has 0 N–H and O–H groups in total. The van der Waals surface area contributed by atoms with Gasteiger partial charge in [0.25, 0.3) is 0 Å².